The third-order valence-corrected chi connectivity index (χ3v) is 3.90. The fourth-order valence-corrected chi connectivity index (χ4v) is 2.76. The number of esters is 1. The highest BCUT2D eigenvalue weighted by Crippen LogP contribution is 2.32. The lowest BCUT2D eigenvalue weighted by molar-refractivity contribution is -0.128. The van der Waals surface area contributed by atoms with E-state index in [2.05, 4.69) is 4.98 Å². The number of likely N-dealkylation sites (tertiary alicyclic amines) is 1. The van der Waals surface area contributed by atoms with E-state index < -0.39 is 5.97 Å². The molecule has 1 aliphatic heterocycles. The van der Waals surface area contributed by atoms with E-state index in [9.17, 15) is 9.59 Å². The smallest absolute Gasteiger partial charge is 0.357 e. The van der Waals surface area contributed by atoms with Crippen molar-refractivity contribution in [2.75, 3.05) is 13.2 Å². The van der Waals surface area contributed by atoms with Crippen LogP contribution in [0.1, 0.15) is 29.8 Å². The molecule has 2 fully saturated rings. The van der Waals surface area contributed by atoms with E-state index in [0.29, 0.717) is 24.8 Å². The van der Waals surface area contributed by atoms with Crippen LogP contribution in [0.15, 0.2) is 10.9 Å². The third kappa shape index (κ3) is 2.38. The molecule has 0 spiro atoms. The van der Waals surface area contributed by atoms with E-state index in [1.807, 2.05) is 4.90 Å². The lowest BCUT2D eigenvalue weighted by atomic mass is 10.1. The van der Waals surface area contributed by atoms with Crippen LogP contribution in [0.25, 0.3) is 0 Å². The second kappa shape index (κ2) is 4.68. The molecule has 0 bridgehead atoms. The monoisotopic (exact) mass is 266 g/mol. The zero-order chi connectivity index (χ0) is 12.5. The number of hydrogen-bond acceptors (Lipinski definition) is 5. The lowest BCUT2D eigenvalue weighted by Gasteiger charge is -2.15. The molecule has 0 aromatic carbocycles. The third-order valence-electron chi connectivity index (χ3n) is 3.32. The van der Waals surface area contributed by atoms with Crippen LogP contribution in [0.3, 0.4) is 0 Å². The minimum atomic E-state index is -0.395. The van der Waals surface area contributed by atoms with Crippen molar-refractivity contribution in [2.24, 2.45) is 5.92 Å². The van der Waals surface area contributed by atoms with Crippen LogP contribution in [-0.4, -0.2) is 41.0 Å². The summed E-state index contributed by atoms with van der Waals surface area (Å²) in [5.41, 5.74) is 1.95. The SMILES string of the molecule is O=C(OC[C@@H]1CC(=O)N(C2CC2)C1)c1cscn1. The molecule has 0 radical (unpaired) electrons. The normalized spacial score (nSPS) is 23.4. The molecule has 3 rings (SSSR count). The Balaban J connectivity index is 1.49. The van der Waals surface area contributed by atoms with E-state index in [1.54, 1.807) is 10.9 Å². The van der Waals surface area contributed by atoms with E-state index in [4.69, 9.17) is 4.74 Å². The van der Waals surface area contributed by atoms with Crippen molar-refractivity contribution in [3.05, 3.63) is 16.6 Å². The van der Waals surface area contributed by atoms with E-state index in [0.717, 1.165) is 19.4 Å². The Hall–Kier alpha value is -1.43. The van der Waals surface area contributed by atoms with Crippen LogP contribution in [0.5, 0.6) is 0 Å². The Morgan fingerprint density at radius 1 is 1.56 bits per heavy atom. The summed E-state index contributed by atoms with van der Waals surface area (Å²) in [5, 5.41) is 1.67. The van der Waals surface area contributed by atoms with Gasteiger partial charge in [-0.15, -0.1) is 11.3 Å². The number of aromatic nitrogens is 1. The average molecular weight is 266 g/mol. The first-order valence-corrected chi connectivity index (χ1v) is 7.03. The highest BCUT2D eigenvalue weighted by molar-refractivity contribution is 7.07. The van der Waals surface area contributed by atoms with Crippen LogP contribution in [0, 0.1) is 5.92 Å². The van der Waals surface area contributed by atoms with Gasteiger partial charge in [0.05, 0.1) is 12.1 Å². The Morgan fingerprint density at radius 2 is 2.39 bits per heavy atom. The Kier molecular flexibility index (Phi) is 3.03. The summed E-state index contributed by atoms with van der Waals surface area (Å²) in [4.78, 5) is 29.1. The minimum Gasteiger partial charge on any atom is -0.461 e. The summed E-state index contributed by atoms with van der Waals surface area (Å²) in [5.74, 6) is -0.0542. The Morgan fingerprint density at radius 3 is 3.06 bits per heavy atom. The molecular formula is C12H14N2O3S. The van der Waals surface area contributed by atoms with Crippen molar-refractivity contribution in [2.45, 2.75) is 25.3 Å². The van der Waals surface area contributed by atoms with Gasteiger partial charge in [0.1, 0.15) is 0 Å². The Labute approximate surface area is 109 Å². The average Bonchev–Trinajstić information content (AvgIpc) is 2.91. The standard InChI is InChI=1S/C12H14N2O3S/c15-11-3-8(4-14(11)9-1-2-9)5-17-12(16)10-6-18-7-13-10/h6-9H,1-5H2/t8-/m1/s1. The zero-order valence-electron chi connectivity index (χ0n) is 9.87. The molecule has 5 nitrogen and oxygen atoms in total. The fraction of sp³-hybridized carbons (Fsp3) is 0.583. The second-order valence-electron chi connectivity index (χ2n) is 4.82. The van der Waals surface area contributed by atoms with Gasteiger partial charge >= 0.3 is 5.97 Å². The summed E-state index contributed by atoms with van der Waals surface area (Å²) in [6, 6.07) is 0.455. The molecule has 1 aliphatic carbocycles. The largest absolute Gasteiger partial charge is 0.461 e. The van der Waals surface area contributed by atoms with Gasteiger partial charge in [-0.3, -0.25) is 4.79 Å². The molecule has 1 aromatic heterocycles. The number of rotatable bonds is 4. The van der Waals surface area contributed by atoms with Crippen molar-refractivity contribution >= 4 is 23.2 Å². The number of ether oxygens (including phenoxy) is 1. The van der Waals surface area contributed by atoms with Crippen molar-refractivity contribution in [1.29, 1.82) is 0 Å². The molecule has 1 aromatic rings. The summed E-state index contributed by atoms with van der Waals surface area (Å²) < 4.78 is 5.19. The second-order valence-corrected chi connectivity index (χ2v) is 5.54. The number of carbonyl (C=O) groups excluding carboxylic acids is 2. The number of nitrogens with zero attached hydrogens (tertiary/aromatic N) is 2. The first-order chi connectivity index (χ1) is 8.74. The Bertz CT molecular complexity index is 456. The van der Waals surface area contributed by atoms with Crippen molar-refractivity contribution in [1.82, 2.24) is 9.88 Å². The molecule has 18 heavy (non-hydrogen) atoms. The quantitative estimate of drug-likeness (QED) is 0.771. The highest BCUT2D eigenvalue weighted by Gasteiger charge is 2.39. The molecule has 2 aliphatic rings. The van der Waals surface area contributed by atoms with E-state index in [1.165, 1.54) is 11.3 Å². The molecule has 0 N–H and O–H groups in total. The van der Waals surface area contributed by atoms with Gasteiger partial charge in [0.2, 0.25) is 5.91 Å². The molecule has 6 heteroatoms. The summed E-state index contributed by atoms with van der Waals surface area (Å²) in [7, 11) is 0. The predicted octanol–water partition coefficient (Wildman–Crippen LogP) is 1.31. The maximum atomic E-state index is 11.7. The van der Waals surface area contributed by atoms with Crippen LogP contribution in [0.2, 0.25) is 0 Å². The van der Waals surface area contributed by atoms with Gasteiger partial charge in [0.25, 0.3) is 0 Å². The lowest BCUT2D eigenvalue weighted by Crippen LogP contribution is -2.27. The minimum absolute atomic E-state index is 0.140. The van der Waals surface area contributed by atoms with E-state index in [-0.39, 0.29) is 11.8 Å². The molecule has 1 saturated carbocycles. The van der Waals surface area contributed by atoms with Crippen LogP contribution < -0.4 is 0 Å². The zero-order valence-corrected chi connectivity index (χ0v) is 10.7. The molecule has 1 atom stereocenters. The van der Waals surface area contributed by atoms with Crippen LogP contribution >= 0.6 is 11.3 Å². The van der Waals surface area contributed by atoms with Gasteiger partial charge in [-0.1, -0.05) is 0 Å². The van der Waals surface area contributed by atoms with Gasteiger partial charge in [-0.25, -0.2) is 9.78 Å². The molecular weight excluding hydrogens is 252 g/mol. The maximum absolute atomic E-state index is 11.7. The fourth-order valence-electron chi connectivity index (χ4n) is 2.24. The van der Waals surface area contributed by atoms with Crippen molar-refractivity contribution in [3.8, 4) is 0 Å². The highest BCUT2D eigenvalue weighted by atomic mass is 32.1. The van der Waals surface area contributed by atoms with Crippen molar-refractivity contribution in [3.63, 3.8) is 0 Å². The molecule has 1 saturated heterocycles. The number of thiazole rings is 1. The summed E-state index contributed by atoms with van der Waals surface area (Å²) in [6.07, 6.45) is 2.75. The van der Waals surface area contributed by atoms with E-state index >= 15 is 0 Å². The van der Waals surface area contributed by atoms with Crippen LogP contribution in [-0.2, 0) is 9.53 Å². The van der Waals surface area contributed by atoms with Crippen LogP contribution in [0.4, 0.5) is 0 Å². The maximum Gasteiger partial charge on any atom is 0.357 e. The van der Waals surface area contributed by atoms with Crippen molar-refractivity contribution < 1.29 is 14.3 Å². The first-order valence-electron chi connectivity index (χ1n) is 6.09. The molecule has 0 unspecified atom stereocenters. The number of carbonyl (C=O) groups is 2. The van der Waals surface area contributed by atoms with Gasteiger partial charge < -0.3 is 9.64 Å². The molecule has 2 heterocycles. The summed E-state index contributed by atoms with van der Waals surface area (Å²) >= 11 is 1.36. The topological polar surface area (TPSA) is 59.5 Å². The number of amides is 1. The van der Waals surface area contributed by atoms with Gasteiger partial charge in [0, 0.05) is 30.3 Å². The molecule has 1 amide bonds. The van der Waals surface area contributed by atoms with Gasteiger partial charge in [0.15, 0.2) is 5.69 Å². The van der Waals surface area contributed by atoms with Gasteiger partial charge in [-0.05, 0) is 12.8 Å². The van der Waals surface area contributed by atoms with Gasteiger partial charge in [-0.2, -0.15) is 0 Å². The first kappa shape index (κ1) is 11.6. The number of hydrogen-bond donors (Lipinski definition) is 0. The predicted molar refractivity (Wildman–Crippen MR) is 65.2 cm³/mol. The summed E-state index contributed by atoms with van der Waals surface area (Å²) in [6.45, 7) is 1.04. The molecule has 96 valence electrons.